The first-order chi connectivity index (χ1) is 8.04. The lowest BCUT2D eigenvalue weighted by atomic mass is 9.91. The quantitative estimate of drug-likeness (QED) is 0.860. The zero-order valence-corrected chi connectivity index (χ0v) is 12.7. The second-order valence-electron chi connectivity index (χ2n) is 4.03. The van der Waals surface area contributed by atoms with Crippen molar-refractivity contribution in [2.75, 3.05) is 7.11 Å². The minimum atomic E-state index is -0.546. The van der Waals surface area contributed by atoms with Crippen LogP contribution in [-0.4, -0.2) is 12.2 Å². The van der Waals surface area contributed by atoms with Crippen LogP contribution in [0.25, 0.3) is 0 Å². The summed E-state index contributed by atoms with van der Waals surface area (Å²) >= 11 is 9.42. The van der Waals surface area contributed by atoms with Gasteiger partial charge in [0.1, 0.15) is 5.75 Å². The number of ether oxygens (including phenoxy) is 1. The van der Waals surface area contributed by atoms with E-state index in [0.29, 0.717) is 10.8 Å². The Hall–Kier alpha value is -0.250. The highest BCUT2D eigenvalue weighted by Crippen LogP contribution is 2.39. The Kier molecular flexibility index (Phi) is 5.77. The van der Waals surface area contributed by atoms with Gasteiger partial charge < -0.3 is 9.84 Å². The summed E-state index contributed by atoms with van der Waals surface area (Å²) in [6.07, 6.45) is 1.30. The van der Waals surface area contributed by atoms with Gasteiger partial charge in [0.25, 0.3) is 0 Å². The fourth-order valence-corrected chi connectivity index (χ4v) is 3.00. The summed E-state index contributed by atoms with van der Waals surface area (Å²) in [6.45, 7) is 4.15. The highest BCUT2D eigenvalue weighted by atomic mass is 79.9. The Morgan fingerprint density at radius 3 is 2.41 bits per heavy atom. The normalized spacial score (nSPS) is 12.9. The molecule has 0 saturated carbocycles. The number of rotatable bonds is 5. The number of methoxy groups -OCH3 is 1. The van der Waals surface area contributed by atoms with Crippen LogP contribution in [-0.2, 0) is 0 Å². The summed E-state index contributed by atoms with van der Waals surface area (Å²) in [5, 5.41) is 11.0. The Balaban J connectivity index is 3.19. The van der Waals surface area contributed by atoms with Crippen LogP contribution in [0, 0.1) is 5.92 Å². The smallest absolute Gasteiger partial charge is 0.138 e. The molecule has 0 saturated heterocycles. The van der Waals surface area contributed by atoms with Crippen molar-refractivity contribution >= 4 is 27.5 Å². The van der Waals surface area contributed by atoms with Crippen LogP contribution in [0.2, 0.25) is 5.02 Å². The van der Waals surface area contributed by atoms with Crippen molar-refractivity contribution in [3.8, 4) is 5.75 Å². The fourth-order valence-electron chi connectivity index (χ4n) is 2.00. The van der Waals surface area contributed by atoms with Crippen LogP contribution in [0.4, 0.5) is 0 Å². The molecule has 1 unspecified atom stereocenters. The maximum absolute atomic E-state index is 10.4. The van der Waals surface area contributed by atoms with Crippen molar-refractivity contribution in [3.05, 3.63) is 27.2 Å². The first kappa shape index (κ1) is 14.8. The van der Waals surface area contributed by atoms with Crippen molar-refractivity contribution < 1.29 is 9.84 Å². The summed E-state index contributed by atoms with van der Waals surface area (Å²) in [6, 6.07) is 3.54. The molecule has 1 atom stereocenters. The van der Waals surface area contributed by atoms with E-state index in [9.17, 15) is 5.11 Å². The zero-order valence-electron chi connectivity index (χ0n) is 10.3. The summed E-state index contributed by atoms with van der Waals surface area (Å²) in [5.74, 6) is 0.878. The zero-order chi connectivity index (χ0) is 13.0. The maximum Gasteiger partial charge on any atom is 0.138 e. The van der Waals surface area contributed by atoms with Gasteiger partial charge in [-0.1, -0.05) is 38.3 Å². The average Bonchev–Trinajstić information content (AvgIpc) is 2.29. The summed E-state index contributed by atoms with van der Waals surface area (Å²) < 4.78 is 6.10. The standard InChI is InChI=1S/C13H18BrClO2/c1-4-8(5-2)12(16)10-6-9(15)7-11(14)13(10)17-3/h6-8,12,16H,4-5H2,1-3H3. The molecular formula is C13H18BrClO2. The third-order valence-electron chi connectivity index (χ3n) is 3.06. The third-order valence-corrected chi connectivity index (χ3v) is 3.86. The molecule has 1 rings (SSSR count). The van der Waals surface area contributed by atoms with Crippen LogP contribution in [0.3, 0.4) is 0 Å². The molecule has 0 bridgehead atoms. The number of aliphatic hydroxyl groups is 1. The van der Waals surface area contributed by atoms with Crippen molar-refractivity contribution in [3.63, 3.8) is 0 Å². The van der Waals surface area contributed by atoms with Gasteiger partial charge in [0, 0.05) is 10.6 Å². The van der Waals surface area contributed by atoms with Crippen molar-refractivity contribution in [1.29, 1.82) is 0 Å². The highest BCUT2D eigenvalue weighted by molar-refractivity contribution is 9.10. The molecule has 2 nitrogen and oxygen atoms in total. The molecule has 0 amide bonds. The molecule has 1 aromatic carbocycles. The highest BCUT2D eigenvalue weighted by Gasteiger charge is 2.23. The van der Waals surface area contributed by atoms with E-state index in [1.807, 2.05) is 0 Å². The molecule has 4 heteroatoms. The Bertz CT molecular complexity index is 378. The molecule has 1 N–H and O–H groups in total. The Labute approximate surface area is 116 Å². The average molecular weight is 322 g/mol. The molecule has 0 aliphatic rings. The van der Waals surface area contributed by atoms with Gasteiger partial charge in [-0.15, -0.1) is 0 Å². The van der Waals surface area contributed by atoms with Crippen molar-refractivity contribution in [2.24, 2.45) is 5.92 Å². The Morgan fingerprint density at radius 2 is 1.94 bits per heavy atom. The lowest BCUT2D eigenvalue weighted by molar-refractivity contribution is 0.100. The number of aliphatic hydroxyl groups excluding tert-OH is 1. The van der Waals surface area contributed by atoms with Gasteiger partial charge in [-0.25, -0.2) is 0 Å². The molecule has 0 spiro atoms. The number of hydrogen-bond acceptors (Lipinski definition) is 2. The molecule has 0 heterocycles. The summed E-state index contributed by atoms with van der Waals surface area (Å²) in [4.78, 5) is 0. The van der Waals surface area contributed by atoms with Gasteiger partial charge in [-0.05, 0) is 34.0 Å². The van der Waals surface area contributed by atoms with E-state index in [1.54, 1.807) is 19.2 Å². The van der Waals surface area contributed by atoms with Gasteiger partial charge in [0.2, 0.25) is 0 Å². The second-order valence-corrected chi connectivity index (χ2v) is 5.32. The molecular weight excluding hydrogens is 303 g/mol. The molecule has 96 valence electrons. The lowest BCUT2D eigenvalue weighted by Crippen LogP contribution is -2.12. The van der Waals surface area contributed by atoms with Gasteiger partial charge in [0.15, 0.2) is 0 Å². The first-order valence-corrected chi connectivity index (χ1v) is 6.93. The van der Waals surface area contributed by atoms with E-state index in [0.717, 1.165) is 22.9 Å². The predicted octanol–water partition coefficient (Wildman–Crippen LogP) is 4.58. The molecule has 0 aromatic heterocycles. The van der Waals surface area contributed by atoms with E-state index in [-0.39, 0.29) is 5.92 Å². The largest absolute Gasteiger partial charge is 0.495 e. The minimum Gasteiger partial charge on any atom is -0.495 e. The predicted molar refractivity (Wildman–Crippen MR) is 74.7 cm³/mol. The molecule has 1 aromatic rings. The monoisotopic (exact) mass is 320 g/mol. The molecule has 0 radical (unpaired) electrons. The van der Waals surface area contributed by atoms with E-state index in [4.69, 9.17) is 16.3 Å². The van der Waals surface area contributed by atoms with Gasteiger partial charge in [0.05, 0.1) is 17.7 Å². The second kappa shape index (κ2) is 6.62. The van der Waals surface area contributed by atoms with Crippen LogP contribution in [0.1, 0.15) is 38.4 Å². The van der Waals surface area contributed by atoms with E-state index in [2.05, 4.69) is 29.8 Å². The lowest BCUT2D eigenvalue weighted by Gasteiger charge is -2.23. The number of hydrogen-bond donors (Lipinski definition) is 1. The van der Waals surface area contributed by atoms with Crippen LogP contribution in [0.15, 0.2) is 16.6 Å². The van der Waals surface area contributed by atoms with Gasteiger partial charge in [-0.3, -0.25) is 0 Å². The van der Waals surface area contributed by atoms with E-state index >= 15 is 0 Å². The third kappa shape index (κ3) is 3.36. The number of benzene rings is 1. The molecule has 0 aliphatic carbocycles. The number of halogens is 2. The first-order valence-electron chi connectivity index (χ1n) is 5.76. The maximum atomic E-state index is 10.4. The SMILES string of the molecule is CCC(CC)C(O)c1cc(Cl)cc(Br)c1OC. The molecule has 0 fully saturated rings. The summed E-state index contributed by atoms with van der Waals surface area (Å²) in [5.41, 5.74) is 0.751. The topological polar surface area (TPSA) is 29.5 Å². The van der Waals surface area contributed by atoms with E-state index < -0.39 is 6.10 Å². The van der Waals surface area contributed by atoms with Crippen molar-refractivity contribution in [2.45, 2.75) is 32.8 Å². The van der Waals surface area contributed by atoms with Crippen LogP contribution >= 0.6 is 27.5 Å². The van der Waals surface area contributed by atoms with Crippen molar-refractivity contribution in [1.82, 2.24) is 0 Å². The van der Waals surface area contributed by atoms with Crippen LogP contribution < -0.4 is 4.74 Å². The minimum absolute atomic E-state index is 0.217. The summed E-state index contributed by atoms with van der Waals surface area (Å²) in [7, 11) is 1.59. The molecule has 17 heavy (non-hydrogen) atoms. The van der Waals surface area contributed by atoms with Gasteiger partial charge >= 0.3 is 0 Å². The van der Waals surface area contributed by atoms with Gasteiger partial charge in [-0.2, -0.15) is 0 Å². The van der Waals surface area contributed by atoms with E-state index in [1.165, 1.54) is 0 Å². The molecule has 0 aliphatic heterocycles. The van der Waals surface area contributed by atoms with Crippen LogP contribution in [0.5, 0.6) is 5.75 Å². The Morgan fingerprint density at radius 1 is 1.35 bits per heavy atom. The fraction of sp³-hybridized carbons (Fsp3) is 0.538.